The molecule has 2 aromatic rings. The van der Waals surface area contributed by atoms with Crippen LogP contribution in [0.4, 0.5) is 5.69 Å². The molecule has 2 amide bonds. The number of thioether (sulfide) groups is 1. The Kier molecular flexibility index (Phi) is 9.24. The Morgan fingerprint density at radius 1 is 1.15 bits per heavy atom. The maximum atomic E-state index is 12.8. The second-order valence-corrected chi connectivity index (χ2v) is 9.12. The van der Waals surface area contributed by atoms with Crippen LogP contribution in [0, 0.1) is 0 Å². The van der Waals surface area contributed by atoms with Gasteiger partial charge in [0, 0.05) is 24.2 Å². The number of nitrogens with one attached hydrogen (secondary N) is 1. The molecule has 1 heterocycles. The van der Waals surface area contributed by atoms with Crippen molar-refractivity contribution in [3.05, 3.63) is 64.6 Å². The van der Waals surface area contributed by atoms with Gasteiger partial charge in [0.15, 0.2) is 0 Å². The lowest BCUT2D eigenvalue weighted by Crippen LogP contribution is -2.31. The third-order valence-corrected chi connectivity index (χ3v) is 6.37. The smallest absolute Gasteiger partial charge is 0.338 e. The summed E-state index contributed by atoms with van der Waals surface area (Å²) >= 11 is 6.55. The molecule has 178 valence electrons. The third kappa shape index (κ3) is 6.68. The first-order chi connectivity index (χ1) is 16.4. The van der Waals surface area contributed by atoms with Gasteiger partial charge in [0.05, 0.1) is 24.2 Å². The topological polar surface area (TPSA) is 84.9 Å². The van der Waals surface area contributed by atoms with Gasteiger partial charge in [-0.2, -0.15) is 0 Å². The van der Waals surface area contributed by atoms with Crippen LogP contribution in [0.2, 0.25) is 0 Å². The number of amides is 2. The second kappa shape index (κ2) is 12.3. The average Bonchev–Trinajstić information content (AvgIpc) is 3.10. The predicted molar refractivity (Wildman–Crippen MR) is 138 cm³/mol. The molecule has 0 spiro atoms. The quantitative estimate of drug-likeness (QED) is 0.216. The van der Waals surface area contributed by atoms with Gasteiger partial charge in [-0.1, -0.05) is 55.5 Å². The molecule has 0 unspecified atom stereocenters. The van der Waals surface area contributed by atoms with Crippen LogP contribution in [0.3, 0.4) is 0 Å². The van der Waals surface area contributed by atoms with E-state index in [1.165, 1.54) is 16.7 Å². The number of hydrogen-bond acceptors (Lipinski definition) is 7. The van der Waals surface area contributed by atoms with E-state index >= 15 is 0 Å². The Balaban J connectivity index is 1.53. The number of carbonyl (C=O) groups is 3. The van der Waals surface area contributed by atoms with E-state index in [0.29, 0.717) is 32.8 Å². The van der Waals surface area contributed by atoms with E-state index in [9.17, 15) is 14.4 Å². The molecule has 34 heavy (non-hydrogen) atoms. The standard InChI is InChI=1S/C25H26N2O5S2/c1-3-4-15-32-24(30)17-9-11-19(12-10-17)26-22(28)13-14-27-23(29)21(34-25(27)33)16-18-7-5-6-8-20(18)31-2/h5-12,16H,3-4,13-15H2,1-2H3,(H,26,28). The summed E-state index contributed by atoms with van der Waals surface area (Å²) in [6.07, 6.45) is 3.59. The van der Waals surface area contributed by atoms with Gasteiger partial charge in [0.2, 0.25) is 5.91 Å². The van der Waals surface area contributed by atoms with Gasteiger partial charge in [-0.15, -0.1) is 0 Å². The molecule has 1 fully saturated rings. The highest BCUT2D eigenvalue weighted by molar-refractivity contribution is 8.26. The van der Waals surface area contributed by atoms with Gasteiger partial charge in [0.25, 0.3) is 5.91 Å². The fraction of sp³-hybridized carbons (Fsp3) is 0.280. The van der Waals surface area contributed by atoms with Crippen molar-refractivity contribution >= 4 is 57.8 Å². The normalized spacial score (nSPS) is 14.4. The molecular formula is C25H26N2O5S2. The van der Waals surface area contributed by atoms with Crippen molar-refractivity contribution in [1.82, 2.24) is 4.90 Å². The Hall–Kier alpha value is -3.17. The van der Waals surface area contributed by atoms with E-state index in [1.54, 1.807) is 37.5 Å². The van der Waals surface area contributed by atoms with Crippen molar-refractivity contribution in [1.29, 1.82) is 0 Å². The molecule has 3 rings (SSSR count). The van der Waals surface area contributed by atoms with Crippen molar-refractivity contribution < 1.29 is 23.9 Å². The van der Waals surface area contributed by atoms with Gasteiger partial charge < -0.3 is 14.8 Å². The SMILES string of the molecule is CCCCOC(=O)c1ccc(NC(=O)CCN2C(=O)C(=Cc3ccccc3OC)SC2=S)cc1. The number of carbonyl (C=O) groups excluding carboxylic acids is 3. The van der Waals surface area contributed by atoms with Gasteiger partial charge >= 0.3 is 5.97 Å². The average molecular weight is 499 g/mol. The zero-order chi connectivity index (χ0) is 24.5. The number of thiocarbonyl (C=S) groups is 1. The van der Waals surface area contributed by atoms with Crippen LogP contribution >= 0.6 is 24.0 Å². The molecular weight excluding hydrogens is 472 g/mol. The highest BCUT2D eigenvalue weighted by Gasteiger charge is 2.32. The van der Waals surface area contributed by atoms with Gasteiger partial charge in [-0.3, -0.25) is 14.5 Å². The van der Waals surface area contributed by atoms with E-state index in [-0.39, 0.29) is 30.7 Å². The number of benzene rings is 2. The van der Waals surface area contributed by atoms with Crippen molar-refractivity contribution in [2.45, 2.75) is 26.2 Å². The van der Waals surface area contributed by atoms with Crippen molar-refractivity contribution in [3.8, 4) is 5.75 Å². The van der Waals surface area contributed by atoms with E-state index < -0.39 is 0 Å². The minimum absolute atomic E-state index is 0.0786. The fourth-order valence-corrected chi connectivity index (χ4v) is 4.44. The van der Waals surface area contributed by atoms with Gasteiger partial charge in [0.1, 0.15) is 10.1 Å². The maximum Gasteiger partial charge on any atom is 0.338 e. The lowest BCUT2D eigenvalue weighted by atomic mass is 10.2. The summed E-state index contributed by atoms with van der Waals surface area (Å²) in [5.41, 5.74) is 1.76. The largest absolute Gasteiger partial charge is 0.496 e. The molecule has 0 radical (unpaired) electrons. The zero-order valence-electron chi connectivity index (χ0n) is 19.0. The fourth-order valence-electron chi connectivity index (χ4n) is 3.14. The molecule has 0 aromatic heterocycles. The summed E-state index contributed by atoms with van der Waals surface area (Å²) < 4.78 is 10.9. The van der Waals surface area contributed by atoms with E-state index in [2.05, 4.69) is 5.32 Å². The first-order valence-corrected chi connectivity index (χ1v) is 12.1. The molecule has 1 aliphatic rings. The molecule has 0 atom stereocenters. The van der Waals surface area contributed by atoms with Crippen LogP contribution in [0.5, 0.6) is 5.75 Å². The second-order valence-electron chi connectivity index (χ2n) is 7.44. The molecule has 1 saturated heterocycles. The number of nitrogens with zero attached hydrogens (tertiary/aromatic N) is 1. The molecule has 0 bridgehead atoms. The highest BCUT2D eigenvalue weighted by atomic mass is 32.2. The first kappa shape index (κ1) is 25.5. The van der Waals surface area contributed by atoms with Crippen LogP contribution in [0.25, 0.3) is 6.08 Å². The van der Waals surface area contributed by atoms with E-state index in [4.69, 9.17) is 21.7 Å². The summed E-state index contributed by atoms with van der Waals surface area (Å²) in [5, 5.41) is 2.77. The van der Waals surface area contributed by atoms with Crippen LogP contribution in [0.1, 0.15) is 42.1 Å². The number of ether oxygens (including phenoxy) is 2. The molecule has 9 heteroatoms. The number of methoxy groups -OCH3 is 1. The molecule has 2 aromatic carbocycles. The van der Waals surface area contributed by atoms with Crippen LogP contribution in [-0.2, 0) is 14.3 Å². The monoisotopic (exact) mass is 498 g/mol. The van der Waals surface area contributed by atoms with Crippen molar-refractivity contribution in [2.24, 2.45) is 0 Å². The number of hydrogen-bond donors (Lipinski definition) is 1. The minimum Gasteiger partial charge on any atom is -0.496 e. The lowest BCUT2D eigenvalue weighted by Gasteiger charge is -2.14. The summed E-state index contributed by atoms with van der Waals surface area (Å²) in [7, 11) is 1.57. The van der Waals surface area contributed by atoms with Gasteiger partial charge in [-0.25, -0.2) is 4.79 Å². The Morgan fingerprint density at radius 2 is 1.88 bits per heavy atom. The predicted octanol–water partition coefficient (Wildman–Crippen LogP) is 4.88. The van der Waals surface area contributed by atoms with Crippen LogP contribution in [-0.4, -0.2) is 47.3 Å². The first-order valence-electron chi connectivity index (χ1n) is 10.9. The Morgan fingerprint density at radius 3 is 2.59 bits per heavy atom. The molecule has 0 saturated carbocycles. The Labute approximate surface area is 208 Å². The molecule has 7 nitrogen and oxygen atoms in total. The van der Waals surface area contributed by atoms with Crippen LogP contribution in [0.15, 0.2) is 53.4 Å². The van der Waals surface area contributed by atoms with Gasteiger partial charge in [-0.05, 0) is 42.8 Å². The number of anilines is 1. The summed E-state index contributed by atoms with van der Waals surface area (Å²) in [6.45, 7) is 2.58. The third-order valence-electron chi connectivity index (χ3n) is 5.00. The number of rotatable bonds is 10. The summed E-state index contributed by atoms with van der Waals surface area (Å²) in [5.74, 6) is -0.227. The molecule has 1 aliphatic heterocycles. The molecule has 0 aliphatic carbocycles. The summed E-state index contributed by atoms with van der Waals surface area (Å²) in [4.78, 5) is 39.1. The number of para-hydroxylation sites is 1. The van der Waals surface area contributed by atoms with E-state index in [0.717, 1.165) is 18.4 Å². The highest BCUT2D eigenvalue weighted by Crippen LogP contribution is 2.34. The number of esters is 1. The molecule has 1 N–H and O–H groups in total. The number of unbranched alkanes of at least 4 members (excludes halogenated alkanes) is 1. The lowest BCUT2D eigenvalue weighted by molar-refractivity contribution is -0.122. The van der Waals surface area contributed by atoms with Crippen LogP contribution < -0.4 is 10.1 Å². The van der Waals surface area contributed by atoms with E-state index in [1.807, 2.05) is 31.2 Å². The minimum atomic E-state index is -0.387. The zero-order valence-corrected chi connectivity index (χ0v) is 20.7. The van der Waals surface area contributed by atoms with Crippen molar-refractivity contribution in [2.75, 3.05) is 25.6 Å². The summed E-state index contributed by atoms with van der Waals surface area (Å²) in [6, 6.07) is 13.9. The Bertz CT molecular complexity index is 1100. The van der Waals surface area contributed by atoms with Crippen molar-refractivity contribution in [3.63, 3.8) is 0 Å². The maximum absolute atomic E-state index is 12.8.